The topological polar surface area (TPSA) is 68.0 Å². The zero-order valence-corrected chi connectivity index (χ0v) is 18.7. The highest BCUT2D eigenvalue weighted by molar-refractivity contribution is 5.66. The fourth-order valence-corrected chi connectivity index (χ4v) is 3.95. The Morgan fingerprint density at radius 1 is 0.800 bits per heavy atom. The maximum absolute atomic E-state index is 10.4. The van der Waals surface area contributed by atoms with E-state index in [1.54, 1.807) is 0 Å². The van der Waals surface area contributed by atoms with E-state index >= 15 is 0 Å². The second kappa shape index (κ2) is 14.8. The Kier molecular flexibility index (Phi) is 11.9. The van der Waals surface area contributed by atoms with Gasteiger partial charge in [-0.15, -0.1) is 5.10 Å². The van der Waals surface area contributed by atoms with Gasteiger partial charge in [0, 0.05) is 6.42 Å². The second-order valence-electron chi connectivity index (χ2n) is 8.36. The number of aryl methyl sites for hydroxylation is 1. The number of carboxylic acid groups (broad SMARTS) is 1. The molecule has 0 atom stereocenters. The van der Waals surface area contributed by atoms with Crippen molar-refractivity contribution in [1.82, 2.24) is 15.0 Å². The number of nitrogens with zero attached hydrogens (tertiary/aromatic N) is 3. The van der Waals surface area contributed by atoms with Crippen molar-refractivity contribution in [2.75, 3.05) is 0 Å². The lowest BCUT2D eigenvalue weighted by atomic mass is 10.0. The summed E-state index contributed by atoms with van der Waals surface area (Å²) >= 11 is 0. The third-order valence-electron chi connectivity index (χ3n) is 5.76. The third kappa shape index (κ3) is 9.55. The number of carboxylic acids is 1. The van der Waals surface area contributed by atoms with Gasteiger partial charge in [0.25, 0.3) is 0 Å². The minimum atomic E-state index is -0.666. The van der Waals surface area contributed by atoms with Crippen molar-refractivity contribution < 1.29 is 9.90 Å². The summed E-state index contributed by atoms with van der Waals surface area (Å²) in [5.41, 5.74) is 3.37. The molecule has 0 unspecified atom stereocenters. The molecule has 5 heteroatoms. The molecule has 0 amide bonds. The molecule has 0 saturated heterocycles. The number of unbranched alkanes of at least 4 members (excludes halogenated alkanes) is 12. The smallest absolute Gasteiger partial charge is 0.303 e. The summed E-state index contributed by atoms with van der Waals surface area (Å²) in [6.45, 7) is 2.05. The number of aliphatic carboxylic acids is 1. The normalized spacial score (nSPS) is 11.1. The van der Waals surface area contributed by atoms with Gasteiger partial charge in [-0.3, -0.25) is 4.79 Å². The van der Waals surface area contributed by atoms with Crippen LogP contribution in [0.25, 0.3) is 5.69 Å². The van der Waals surface area contributed by atoms with E-state index in [9.17, 15) is 4.79 Å². The molecular weight excluding hydrogens is 374 g/mol. The van der Waals surface area contributed by atoms with E-state index in [2.05, 4.69) is 29.4 Å². The fraction of sp³-hybridized carbons (Fsp3) is 0.640. The Hall–Kier alpha value is -2.17. The number of hydrogen-bond donors (Lipinski definition) is 1. The molecule has 0 fully saturated rings. The maximum atomic E-state index is 10.4. The minimum Gasteiger partial charge on any atom is -0.481 e. The summed E-state index contributed by atoms with van der Waals surface area (Å²) in [5.74, 6) is -0.666. The molecule has 0 radical (unpaired) electrons. The SMILES string of the molecule is Cc1nnn(-c2ccccc2)c1CCCCCCCCCCCCCCCC(=O)O. The van der Waals surface area contributed by atoms with E-state index in [-0.39, 0.29) is 0 Å². The monoisotopic (exact) mass is 413 g/mol. The number of carbonyl (C=O) groups is 1. The van der Waals surface area contributed by atoms with Crippen LogP contribution in [-0.4, -0.2) is 26.1 Å². The highest BCUT2D eigenvalue weighted by atomic mass is 16.4. The molecule has 1 N–H and O–H groups in total. The summed E-state index contributed by atoms with van der Waals surface area (Å²) in [7, 11) is 0. The molecule has 166 valence electrons. The molecule has 0 bridgehead atoms. The highest BCUT2D eigenvalue weighted by Gasteiger charge is 2.10. The fourth-order valence-electron chi connectivity index (χ4n) is 3.95. The molecule has 0 aliphatic carbocycles. The van der Waals surface area contributed by atoms with Crippen LogP contribution in [-0.2, 0) is 11.2 Å². The zero-order valence-electron chi connectivity index (χ0n) is 18.7. The van der Waals surface area contributed by atoms with E-state index in [1.165, 1.54) is 76.3 Å². The van der Waals surface area contributed by atoms with Gasteiger partial charge in [-0.1, -0.05) is 94.0 Å². The Morgan fingerprint density at radius 3 is 1.83 bits per heavy atom. The number of rotatable bonds is 17. The van der Waals surface area contributed by atoms with Crippen molar-refractivity contribution in [3.8, 4) is 5.69 Å². The van der Waals surface area contributed by atoms with Crippen LogP contribution in [0.1, 0.15) is 101 Å². The van der Waals surface area contributed by atoms with Gasteiger partial charge in [0.2, 0.25) is 0 Å². The standard InChI is InChI=1S/C25H39N3O2/c1-22-24(28(27-26-22)23-18-14-13-15-19-23)20-16-11-9-7-5-3-2-4-6-8-10-12-17-21-25(29)30/h13-15,18-19H,2-12,16-17,20-21H2,1H3,(H,29,30). The Labute approximate surface area is 181 Å². The van der Waals surface area contributed by atoms with Gasteiger partial charge in [-0.25, -0.2) is 4.68 Å². The third-order valence-corrected chi connectivity index (χ3v) is 5.76. The first-order chi connectivity index (χ1) is 14.7. The summed E-state index contributed by atoms with van der Waals surface area (Å²) in [5, 5.41) is 17.2. The molecule has 0 aliphatic rings. The maximum Gasteiger partial charge on any atom is 0.303 e. The second-order valence-corrected chi connectivity index (χ2v) is 8.36. The van der Waals surface area contributed by atoms with E-state index in [1.807, 2.05) is 22.9 Å². The van der Waals surface area contributed by atoms with Crippen LogP contribution in [0.4, 0.5) is 0 Å². The van der Waals surface area contributed by atoms with E-state index < -0.39 is 5.97 Å². The summed E-state index contributed by atoms with van der Waals surface area (Å²) in [4.78, 5) is 10.4. The predicted molar refractivity (Wildman–Crippen MR) is 122 cm³/mol. The number of para-hydroxylation sites is 1. The number of aromatic nitrogens is 3. The Morgan fingerprint density at radius 2 is 1.30 bits per heavy atom. The molecule has 0 spiro atoms. The van der Waals surface area contributed by atoms with Gasteiger partial charge in [-0.2, -0.15) is 0 Å². The first kappa shape index (κ1) is 24.1. The average Bonchev–Trinajstić information content (AvgIpc) is 3.11. The van der Waals surface area contributed by atoms with Crippen molar-refractivity contribution >= 4 is 5.97 Å². The number of hydrogen-bond acceptors (Lipinski definition) is 3. The number of benzene rings is 1. The van der Waals surface area contributed by atoms with Gasteiger partial charge in [0.15, 0.2) is 0 Å². The molecule has 2 rings (SSSR count). The quantitative estimate of drug-likeness (QED) is 0.294. The average molecular weight is 414 g/mol. The van der Waals surface area contributed by atoms with Gasteiger partial charge < -0.3 is 5.11 Å². The van der Waals surface area contributed by atoms with E-state index in [4.69, 9.17) is 5.11 Å². The predicted octanol–water partition coefficient (Wildman–Crippen LogP) is 6.66. The van der Waals surface area contributed by atoms with Crippen molar-refractivity contribution in [2.45, 2.75) is 103 Å². The van der Waals surface area contributed by atoms with Gasteiger partial charge in [0.1, 0.15) is 0 Å². The van der Waals surface area contributed by atoms with E-state index in [0.29, 0.717) is 6.42 Å². The lowest BCUT2D eigenvalue weighted by Gasteiger charge is -2.07. The molecule has 0 aliphatic heterocycles. The van der Waals surface area contributed by atoms with Crippen molar-refractivity contribution in [1.29, 1.82) is 0 Å². The summed E-state index contributed by atoms with van der Waals surface area (Å²) in [6, 6.07) is 10.3. The van der Waals surface area contributed by atoms with Gasteiger partial charge >= 0.3 is 5.97 Å². The lowest BCUT2D eigenvalue weighted by molar-refractivity contribution is -0.137. The first-order valence-electron chi connectivity index (χ1n) is 11.9. The van der Waals surface area contributed by atoms with Crippen LogP contribution in [0.2, 0.25) is 0 Å². The van der Waals surface area contributed by atoms with Crippen LogP contribution in [0.15, 0.2) is 30.3 Å². The lowest BCUT2D eigenvalue weighted by Crippen LogP contribution is -2.03. The molecule has 5 nitrogen and oxygen atoms in total. The van der Waals surface area contributed by atoms with Gasteiger partial charge in [-0.05, 0) is 38.3 Å². The van der Waals surface area contributed by atoms with Crippen LogP contribution in [0, 0.1) is 6.92 Å². The zero-order chi connectivity index (χ0) is 21.4. The van der Waals surface area contributed by atoms with Crippen LogP contribution >= 0.6 is 0 Å². The highest BCUT2D eigenvalue weighted by Crippen LogP contribution is 2.17. The molecule has 1 heterocycles. The molecule has 2 aromatic rings. The first-order valence-corrected chi connectivity index (χ1v) is 11.9. The Balaban J connectivity index is 1.44. The largest absolute Gasteiger partial charge is 0.481 e. The summed E-state index contributed by atoms with van der Waals surface area (Å²) < 4.78 is 1.99. The Bertz CT molecular complexity index is 712. The van der Waals surface area contributed by atoms with Crippen LogP contribution in [0.5, 0.6) is 0 Å². The van der Waals surface area contributed by atoms with Crippen molar-refractivity contribution in [3.05, 3.63) is 41.7 Å². The molecule has 1 aromatic heterocycles. The molecular formula is C25H39N3O2. The molecule has 1 aromatic carbocycles. The molecule has 0 saturated carbocycles. The van der Waals surface area contributed by atoms with Gasteiger partial charge in [0.05, 0.1) is 17.1 Å². The van der Waals surface area contributed by atoms with Crippen LogP contribution < -0.4 is 0 Å². The van der Waals surface area contributed by atoms with Crippen molar-refractivity contribution in [2.24, 2.45) is 0 Å². The van der Waals surface area contributed by atoms with Crippen LogP contribution in [0.3, 0.4) is 0 Å². The van der Waals surface area contributed by atoms with E-state index in [0.717, 1.165) is 30.6 Å². The van der Waals surface area contributed by atoms with Crippen molar-refractivity contribution in [3.63, 3.8) is 0 Å². The minimum absolute atomic E-state index is 0.327. The molecule has 30 heavy (non-hydrogen) atoms. The summed E-state index contributed by atoms with van der Waals surface area (Å²) in [6.07, 6.45) is 17.5.